The van der Waals surface area contributed by atoms with Gasteiger partial charge < -0.3 is 10.2 Å². The van der Waals surface area contributed by atoms with Crippen LogP contribution in [0.3, 0.4) is 0 Å². The quantitative estimate of drug-likeness (QED) is 0.660. The molecular formula is C27H26N2O2. The zero-order valence-electron chi connectivity index (χ0n) is 17.6. The lowest BCUT2D eigenvalue weighted by Gasteiger charge is -2.42. The molecule has 4 heteroatoms. The zero-order chi connectivity index (χ0) is 21.4. The van der Waals surface area contributed by atoms with Crippen molar-refractivity contribution in [3.05, 3.63) is 107 Å². The second-order valence-corrected chi connectivity index (χ2v) is 8.57. The molecule has 2 aliphatic rings. The first-order valence-electron chi connectivity index (χ1n) is 10.9. The monoisotopic (exact) mass is 410 g/mol. The molecule has 1 aliphatic heterocycles. The van der Waals surface area contributed by atoms with Crippen LogP contribution in [0.15, 0.2) is 78.9 Å². The predicted molar refractivity (Wildman–Crippen MR) is 121 cm³/mol. The third-order valence-electron chi connectivity index (χ3n) is 6.29. The Hall–Kier alpha value is -3.40. The Morgan fingerprint density at radius 2 is 1.71 bits per heavy atom. The number of hydrogen-bond donors (Lipinski definition) is 1. The van der Waals surface area contributed by atoms with Gasteiger partial charge in [0.15, 0.2) is 0 Å². The number of carbonyl (C=O) groups excluding carboxylic acids is 2. The zero-order valence-corrected chi connectivity index (χ0v) is 17.6. The molecule has 1 aliphatic carbocycles. The van der Waals surface area contributed by atoms with E-state index in [1.807, 2.05) is 84.6 Å². The molecular weight excluding hydrogens is 384 g/mol. The van der Waals surface area contributed by atoms with E-state index >= 15 is 0 Å². The Balaban J connectivity index is 1.58. The van der Waals surface area contributed by atoms with Crippen molar-refractivity contribution in [2.75, 3.05) is 0 Å². The molecule has 2 amide bonds. The van der Waals surface area contributed by atoms with Crippen LogP contribution in [0.25, 0.3) is 0 Å². The standard InChI is InChI=1S/C27H26N2O2/c1-18-8-7-11-20(16-18)25-24(26(30)28-17-19-9-3-2-4-10-19)22-12-5-6-13-23(22)27(31)29(25)21-14-15-21/h2-13,16,21,24-25H,14-15,17H2,1H3,(H,28,30)/t24-,25+/m0/s1. The predicted octanol–water partition coefficient (Wildman–Crippen LogP) is 4.75. The molecule has 3 aromatic carbocycles. The van der Waals surface area contributed by atoms with Crippen LogP contribution in [0.1, 0.15) is 57.4 Å². The maximum Gasteiger partial charge on any atom is 0.254 e. The third-order valence-corrected chi connectivity index (χ3v) is 6.29. The van der Waals surface area contributed by atoms with Gasteiger partial charge in [-0.1, -0.05) is 78.4 Å². The Labute approximate surface area is 182 Å². The van der Waals surface area contributed by atoms with Crippen LogP contribution < -0.4 is 5.32 Å². The first kappa shape index (κ1) is 19.6. The van der Waals surface area contributed by atoms with E-state index in [-0.39, 0.29) is 23.9 Å². The Kier molecular flexibility index (Phi) is 5.06. The fourth-order valence-corrected chi connectivity index (χ4v) is 4.69. The van der Waals surface area contributed by atoms with Crippen LogP contribution in [-0.4, -0.2) is 22.8 Å². The summed E-state index contributed by atoms with van der Waals surface area (Å²) in [4.78, 5) is 29.1. The van der Waals surface area contributed by atoms with Gasteiger partial charge in [0, 0.05) is 18.2 Å². The molecule has 0 aromatic heterocycles. The summed E-state index contributed by atoms with van der Waals surface area (Å²) in [6.07, 6.45) is 1.99. The van der Waals surface area contributed by atoms with Crippen molar-refractivity contribution in [3.63, 3.8) is 0 Å². The van der Waals surface area contributed by atoms with Crippen molar-refractivity contribution in [1.82, 2.24) is 10.2 Å². The van der Waals surface area contributed by atoms with Crippen molar-refractivity contribution in [1.29, 1.82) is 0 Å². The first-order valence-corrected chi connectivity index (χ1v) is 10.9. The average molecular weight is 411 g/mol. The number of aryl methyl sites for hydroxylation is 1. The molecule has 3 aromatic rings. The van der Waals surface area contributed by atoms with Gasteiger partial charge in [-0.05, 0) is 42.5 Å². The van der Waals surface area contributed by atoms with E-state index in [1.54, 1.807) is 0 Å². The van der Waals surface area contributed by atoms with E-state index in [0.717, 1.165) is 35.1 Å². The minimum absolute atomic E-state index is 0.0386. The van der Waals surface area contributed by atoms with Crippen molar-refractivity contribution in [2.45, 2.75) is 44.3 Å². The average Bonchev–Trinajstić information content (AvgIpc) is 3.63. The molecule has 2 atom stereocenters. The molecule has 4 nitrogen and oxygen atoms in total. The molecule has 0 saturated heterocycles. The maximum atomic E-state index is 13.6. The van der Waals surface area contributed by atoms with Gasteiger partial charge >= 0.3 is 0 Å². The topological polar surface area (TPSA) is 49.4 Å². The molecule has 1 N–H and O–H groups in total. The molecule has 0 radical (unpaired) electrons. The lowest BCUT2D eigenvalue weighted by molar-refractivity contribution is -0.124. The summed E-state index contributed by atoms with van der Waals surface area (Å²) >= 11 is 0. The highest BCUT2D eigenvalue weighted by molar-refractivity contribution is 6.01. The first-order chi connectivity index (χ1) is 15.1. The molecule has 1 fully saturated rings. The highest BCUT2D eigenvalue weighted by atomic mass is 16.2. The SMILES string of the molecule is Cc1cccc([C@@H]2[C@@H](C(=O)NCc3ccccc3)c3ccccc3C(=O)N2C2CC2)c1. The lowest BCUT2D eigenvalue weighted by Crippen LogP contribution is -2.48. The molecule has 156 valence electrons. The minimum Gasteiger partial charge on any atom is -0.351 e. The van der Waals surface area contributed by atoms with Crippen molar-refractivity contribution in [2.24, 2.45) is 0 Å². The lowest BCUT2D eigenvalue weighted by atomic mass is 9.78. The number of benzene rings is 3. The molecule has 5 rings (SSSR count). The smallest absolute Gasteiger partial charge is 0.254 e. The van der Waals surface area contributed by atoms with Crippen LogP contribution >= 0.6 is 0 Å². The van der Waals surface area contributed by atoms with Crippen LogP contribution in [0.4, 0.5) is 0 Å². The van der Waals surface area contributed by atoms with Crippen LogP contribution in [0, 0.1) is 6.92 Å². The summed E-state index contributed by atoms with van der Waals surface area (Å²) in [5.74, 6) is -0.447. The van der Waals surface area contributed by atoms with Gasteiger partial charge in [-0.25, -0.2) is 0 Å². The Morgan fingerprint density at radius 1 is 0.968 bits per heavy atom. The van der Waals surface area contributed by atoms with E-state index in [9.17, 15) is 9.59 Å². The molecule has 0 unspecified atom stereocenters. The van der Waals surface area contributed by atoms with Gasteiger partial charge in [-0.3, -0.25) is 9.59 Å². The van der Waals surface area contributed by atoms with Gasteiger partial charge in [0.2, 0.25) is 5.91 Å². The summed E-state index contributed by atoms with van der Waals surface area (Å²) in [6.45, 7) is 2.52. The highest BCUT2D eigenvalue weighted by Gasteiger charge is 2.48. The summed E-state index contributed by atoms with van der Waals surface area (Å²) in [7, 11) is 0. The van der Waals surface area contributed by atoms with Gasteiger partial charge in [-0.2, -0.15) is 0 Å². The third kappa shape index (κ3) is 3.74. The largest absolute Gasteiger partial charge is 0.351 e. The summed E-state index contributed by atoms with van der Waals surface area (Å²) in [5.41, 5.74) is 4.68. The molecule has 0 spiro atoms. The number of fused-ring (bicyclic) bond motifs is 1. The van der Waals surface area contributed by atoms with E-state index in [2.05, 4.69) is 11.4 Å². The van der Waals surface area contributed by atoms with Crippen molar-refractivity contribution in [3.8, 4) is 0 Å². The number of nitrogens with zero attached hydrogens (tertiary/aromatic N) is 1. The molecule has 1 saturated carbocycles. The second-order valence-electron chi connectivity index (χ2n) is 8.57. The van der Waals surface area contributed by atoms with E-state index in [0.29, 0.717) is 12.1 Å². The summed E-state index contributed by atoms with van der Waals surface area (Å²) in [5, 5.41) is 3.14. The fourth-order valence-electron chi connectivity index (χ4n) is 4.69. The van der Waals surface area contributed by atoms with E-state index < -0.39 is 5.92 Å². The molecule has 31 heavy (non-hydrogen) atoms. The van der Waals surface area contributed by atoms with E-state index in [4.69, 9.17) is 0 Å². The number of hydrogen-bond acceptors (Lipinski definition) is 2. The van der Waals surface area contributed by atoms with Crippen molar-refractivity contribution >= 4 is 11.8 Å². The number of amides is 2. The second kappa shape index (κ2) is 8.03. The van der Waals surface area contributed by atoms with Crippen molar-refractivity contribution < 1.29 is 9.59 Å². The van der Waals surface area contributed by atoms with Gasteiger partial charge in [0.1, 0.15) is 0 Å². The fraction of sp³-hybridized carbons (Fsp3) is 0.259. The highest BCUT2D eigenvalue weighted by Crippen LogP contribution is 2.47. The molecule has 0 bridgehead atoms. The summed E-state index contributed by atoms with van der Waals surface area (Å²) < 4.78 is 0. The Morgan fingerprint density at radius 3 is 2.45 bits per heavy atom. The molecule has 1 heterocycles. The van der Waals surface area contributed by atoms with Gasteiger partial charge in [-0.15, -0.1) is 0 Å². The number of nitrogens with one attached hydrogen (secondary N) is 1. The number of rotatable bonds is 5. The maximum absolute atomic E-state index is 13.6. The minimum atomic E-state index is -0.444. The van der Waals surface area contributed by atoms with E-state index in [1.165, 1.54) is 0 Å². The van der Waals surface area contributed by atoms with Gasteiger partial charge in [0.05, 0.1) is 12.0 Å². The van der Waals surface area contributed by atoms with Crippen LogP contribution in [-0.2, 0) is 11.3 Å². The van der Waals surface area contributed by atoms with Gasteiger partial charge in [0.25, 0.3) is 5.91 Å². The normalized spacial score (nSPS) is 20.3. The van der Waals surface area contributed by atoms with Crippen LogP contribution in [0.2, 0.25) is 0 Å². The summed E-state index contributed by atoms with van der Waals surface area (Å²) in [6, 6.07) is 25.7. The Bertz CT molecular complexity index is 1120. The number of carbonyl (C=O) groups is 2. The van der Waals surface area contributed by atoms with Crippen LogP contribution in [0.5, 0.6) is 0 Å².